The number of hydrogen-bond acceptors (Lipinski definition) is 2. The molecule has 0 aromatic heterocycles. The second kappa shape index (κ2) is 5.63. The lowest BCUT2D eigenvalue weighted by molar-refractivity contribution is -0.271. The SMILES string of the molecule is O=C(NC1C=CCCC1)N1CCC(O)(C(F)(F)F)CC1. The molecule has 0 spiro atoms. The highest BCUT2D eigenvalue weighted by molar-refractivity contribution is 5.75. The van der Waals surface area contributed by atoms with Gasteiger partial charge in [-0.3, -0.25) is 0 Å². The van der Waals surface area contributed by atoms with Crippen LogP contribution in [-0.4, -0.2) is 46.9 Å². The number of carbonyl (C=O) groups is 1. The quantitative estimate of drug-likeness (QED) is 0.728. The molecule has 2 rings (SSSR count). The molecule has 1 unspecified atom stereocenters. The molecule has 1 heterocycles. The molecule has 0 saturated carbocycles. The number of aliphatic hydroxyl groups is 1. The van der Waals surface area contributed by atoms with Crippen molar-refractivity contribution in [1.29, 1.82) is 0 Å². The largest absolute Gasteiger partial charge is 0.417 e. The van der Waals surface area contributed by atoms with Crippen LogP contribution in [0.4, 0.5) is 18.0 Å². The number of nitrogens with zero attached hydrogens (tertiary/aromatic N) is 1. The van der Waals surface area contributed by atoms with Crippen LogP contribution in [-0.2, 0) is 0 Å². The lowest BCUT2D eigenvalue weighted by Gasteiger charge is -2.39. The van der Waals surface area contributed by atoms with E-state index in [0.29, 0.717) is 0 Å². The third kappa shape index (κ3) is 3.26. The smallest absolute Gasteiger partial charge is 0.380 e. The first-order valence-corrected chi connectivity index (χ1v) is 6.83. The van der Waals surface area contributed by atoms with Crippen molar-refractivity contribution >= 4 is 6.03 Å². The van der Waals surface area contributed by atoms with Crippen molar-refractivity contribution < 1.29 is 23.1 Å². The Labute approximate surface area is 115 Å². The van der Waals surface area contributed by atoms with Crippen LogP contribution >= 0.6 is 0 Å². The van der Waals surface area contributed by atoms with Gasteiger partial charge in [-0.1, -0.05) is 12.2 Å². The van der Waals surface area contributed by atoms with E-state index in [-0.39, 0.29) is 25.2 Å². The number of urea groups is 1. The monoisotopic (exact) mass is 292 g/mol. The predicted molar refractivity (Wildman–Crippen MR) is 67.1 cm³/mol. The number of alkyl halides is 3. The standard InChI is InChI=1S/C13H19F3N2O2/c14-13(15,16)12(20)6-8-18(9-7-12)11(19)17-10-4-2-1-3-5-10/h2,4,10,20H,1,3,5-9H2,(H,17,19). The van der Waals surface area contributed by atoms with Gasteiger partial charge in [-0.05, 0) is 19.3 Å². The van der Waals surface area contributed by atoms with Crippen LogP contribution in [0, 0.1) is 0 Å². The van der Waals surface area contributed by atoms with Gasteiger partial charge < -0.3 is 15.3 Å². The average Bonchev–Trinajstić information content (AvgIpc) is 2.39. The van der Waals surface area contributed by atoms with E-state index in [0.717, 1.165) is 19.3 Å². The maximum atomic E-state index is 12.6. The van der Waals surface area contributed by atoms with Crippen molar-refractivity contribution in [3.63, 3.8) is 0 Å². The first-order chi connectivity index (χ1) is 9.32. The van der Waals surface area contributed by atoms with Crippen LogP contribution in [0.25, 0.3) is 0 Å². The summed E-state index contributed by atoms with van der Waals surface area (Å²) in [5.74, 6) is 0. The first kappa shape index (κ1) is 15.2. The molecule has 1 atom stereocenters. The van der Waals surface area contributed by atoms with E-state index < -0.39 is 24.6 Å². The van der Waals surface area contributed by atoms with Crippen LogP contribution in [0.1, 0.15) is 32.1 Å². The van der Waals surface area contributed by atoms with Gasteiger partial charge in [-0.2, -0.15) is 13.2 Å². The number of hydrogen-bond donors (Lipinski definition) is 2. The molecule has 2 N–H and O–H groups in total. The number of piperidine rings is 1. The van der Waals surface area contributed by atoms with Gasteiger partial charge in [0, 0.05) is 32.0 Å². The Morgan fingerprint density at radius 1 is 1.35 bits per heavy atom. The molecular weight excluding hydrogens is 273 g/mol. The molecule has 2 amide bonds. The van der Waals surface area contributed by atoms with Crippen LogP contribution in [0.5, 0.6) is 0 Å². The van der Waals surface area contributed by atoms with Crippen LogP contribution in [0.2, 0.25) is 0 Å². The normalized spacial score (nSPS) is 26.4. The molecule has 7 heteroatoms. The summed E-state index contributed by atoms with van der Waals surface area (Å²) in [5, 5.41) is 12.3. The molecule has 114 valence electrons. The Bertz CT molecular complexity index is 388. The third-order valence-electron chi connectivity index (χ3n) is 3.97. The lowest BCUT2D eigenvalue weighted by Crippen LogP contribution is -2.56. The minimum absolute atomic E-state index is 0.0420. The molecule has 0 bridgehead atoms. The summed E-state index contributed by atoms with van der Waals surface area (Å²) in [6.07, 6.45) is 1.17. The van der Waals surface area contributed by atoms with Crippen molar-refractivity contribution in [2.24, 2.45) is 0 Å². The van der Waals surface area contributed by atoms with Gasteiger partial charge in [-0.25, -0.2) is 4.79 Å². The number of allylic oxidation sites excluding steroid dienone is 1. The second-order valence-electron chi connectivity index (χ2n) is 5.43. The summed E-state index contributed by atoms with van der Waals surface area (Å²) >= 11 is 0. The summed E-state index contributed by atoms with van der Waals surface area (Å²) in [6.45, 7) is -0.170. The molecular formula is C13H19F3N2O2. The van der Waals surface area contributed by atoms with E-state index in [9.17, 15) is 23.1 Å². The number of halogens is 3. The zero-order chi connectivity index (χ0) is 14.8. The van der Waals surface area contributed by atoms with Crippen molar-refractivity contribution in [1.82, 2.24) is 10.2 Å². The summed E-state index contributed by atoms with van der Waals surface area (Å²) in [6, 6.07) is -0.398. The molecule has 1 fully saturated rings. The summed E-state index contributed by atoms with van der Waals surface area (Å²) in [7, 11) is 0. The first-order valence-electron chi connectivity index (χ1n) is 6.83. The molecule has 4 nitrogen and oxygen atoms in total. The predicted octanol–water partition coefficient (Wildman–Crippen LogP) is 2.19. The number of nitrogens with one attached hydrogen (secondary N) is 1. The minimum atomic E-state index is -4.64. The maximum Gasteiger partial charge on any atom is 0.417 e. The highest BCUT2D eigenvalue weighted by Gasteiger charge is 2.54. The maximum absolute atomic E-state index is 12.6. The highest BCUT2D eigenvalue weighted by atomic mass is 19.4. The second-order valence-corrected chi connectivity index (χ2v) is 5.43. The number of likely N-dealkylation sites (tertiary alicyclic amines) is 1. The fourth-order valence-electron chi connectivity index (χ4n) is 2.55. The van der Waals surface area contributed by atoms with Gasteiger partial charge in [0.15, 0.2) is 5.60 Å². The Morgan fingerprint density at radius 3 is 2.50 bits per heavy atom. The Kier molecular flexibility index (Phi) is 4.27. The van der Waals surface area contributed by atoms with E-state index in [1.165, 1.54) is 4.90 Å². The molecule has 0 radical (unpaired) electrons. The average molecular weight is 292 g/mol. The van der Waals surface area contributed by atoms with Crippen LogP contribution < -0.4 is 5.32 Å². The number of carbonyl (C=O) groups excluding carboxylic acids is 1. The molecule has 2 aliphatic rings. The van der Waals surface area contributed by atoms with Gasteiger partial charge in [0.05, 0.1) is 0 Å². The van der Waals surface area contributed by atoms with Crippen molar-refractivity contribution in [2.75, 3.05) is 13.1 Å². The Morgan fingerprint density at radius 2 is 2.00 bits per heavy atom. The van der Waals surface area contributed by atoms with Gasteiger partial charge in [0.1, 0.15) is 0 Å². The number of amides is 2. The highest BCUT2D eigenvalue weighted by Crippen LogP contribution is 2.38. The van der Waals surface area contributed by atoms with E-state index in [1.807, 2.05) is 12.2 Å². The van der Waals surface area contributed by atoms with E-state index in [2.05, 4.69) is 5.32 Å². The molecule has 0 aromatic rings. The van der Waals surface area contributed by atoms with Crippen LogP contribution in [0.3, 0.4) is 0 Å². The van der Waals surface area contributed by atoms with Gasteiger partial charge in [0.25, 0.3) is 0 Å². The topological polar surface area (TPSA) is 52.6 Å². The molecule has 1 aliphatic heterocycles. The van der Waals surface area contributed by atoms with Gasteiger partial charge in [0.2, 0.25) is 0 Å². The lowest BCUT2D eigenvalue weighted by atomic mass is 9.91. The molecule has 1 saturated heterocycles. The zero-order valence-corrected chi connectivity index (χ0v) is 11.1. The van der Waals surface area contributed by atoms with E-state index in [1.54, 1.807) is 0 Å². The van der Waals surface area contributed by atoms with Crippen molar-refractivity contribution in [2.45, 2.75) is 49.9 Å². The van der Waals surface area contributed by atoms with Crippen LogP contribution in [0.15, 0.2) is 12.2 Å². The van der Waals surface area contributed by atoms with Gasteiger partial charge in [-0.15, -0.1) is 0 Å². The Hall–Kier alpha value is -1.24. The fraction of sp³-hybridized carbons (Fsp3) is 0.769. The zero-order valence-electron chi connectivity index (χ0n) is 11.1. The third-order valence-corrected chi connectivity index (χ3v) is 3.97. The minimum Gasteiger partial charge on any atom is -0.380 e. The summed E-state index contributed by atoms with van der Waals surface area (Å²) in [5.41, 5.74) is -2.66. The summed E-state index contributed by atoms with van der Waals surface area (Å²) < 4.78 is 37.9. The van der Waals surface area contributed by atoms with Gasteiger partial charge >= 0.3 is 12.2 Å². The van der Waals surface area contributed by atoms with Crippen molar-refractivity contribution in [3.05, 3.63) is 12.2 Å². The molecule has 0 aromatic carbocycles. The van der Waals surface area contributed by atoms with Crippen molar-refractivity contribution in [3.8, 4) is 0 Å². The Balaban J connectivity index is 1.85. The van der Waals surface area contributed by atoms with E-state index >= 15 is 0 Å². The fourth-order valence-corrected chi connectivity index (χ4v) is 2.55. The molecule has 1 aliphatic carbocycles. The van der Waals surface area contributed by atoms with E-state index in [4.69, 9.17) is 0 Å². The summed E-state index contributed by atoms with van der Waals surface area (Å²) in [4.78, 5) is 13.3. The number of rotatable bonds is 1. The molecule has 20 heavy (non-hydrogen) atoms.